The maximum Gasteiger partial charge on any atom is 0.343 e. The molecule has 0 spiro atoms. The fraction of sp³-hybridized carbons (Fsp3) is 0.160. The minimum absolute atomic E-state index is 0.310. The third kappa shape index (κ3) is 4.32. The van der Waals surface area contributed by atoms with Gasteiger partial charge in [0.1, 0.15) is 40.1 Å². The summed E-state index contributed by atoms with van der Waals surface area (Å²) in [4.78, 5) is 12.7. The van der Waals surface area contributed by atoms with Crippen molar-refractivity contribution in [3.63, 3.8) is 0 Å². The molecule has 0 aliphatic rings. The minimum Gasteiger partial charge on any atom is -0.497 e. The Morgan fingerprint density at radius 1 is 0.656 bits per heavy atom. The lowest BCUT2D eigenvalue weighted by molar-refractivity contribution is 0.0734. The van der Waals surface area contributed by atoms with Crippen molar-refractivity contribution >= 4 is 16.9 Å². The zero-order valence-electron chi connectivity index (χ0n) is 18.1. The molecule has 0 atom stereocenters. The van der Waals surface area contributed by atoms with Crippen molar-refractivity contribution < 1.29 is 32.9 Å². The highest BCUT2D eigenvalue weighted by molar-refractivity contribution is 5.93. The molecule has 0 aliphatic carbocycles. The SMILES string of the molecule is COc1cc(OC)cc(C(=O)Oc2ccc3cc(-c4cc(OC)cc(OC)c4)oc3c2)c1. The highest BCUT2D eigenvalue weighted by Crippen LogP contribution is 2.34. The van der Waals surface area contributed by atoms with E-state index >= 15 is 0 Å². The molecule has 1 heterocycles. The third-order valence-corrected chi connectivity index (χ3v) is 4.93. The molecule has 0 radical (unpaired) electrons. The lowest BCUT2D eigenvalue weighted by Gasteiger charge is -2.08. The minimum atomic E-state index is -0.536. The van der Waals surface area contributed by atoms with E-state index in [4.69, 9.17) is 28.1 Å². The number of benzene rings is 3. The van der Waals surface area contributed by atoms with Gasteiger partial charge in [0.2, 0.25) is 0 Å². The molecule has 0 unspecified atom stereocenters. The van der Waals surface area contributed by atoms with Crippen molar-refractivity contribution in [3.8, 4) is 40.1 Å². The number of ether oxygens (including phenoxy) is 5. The van der Waals surface area contributed by atoms with Crippen molar-refractivity contribution in [1.82, 2.24) is 0 Å². The summed E-state index contributed by atoms with van der Waals surface area (Å²) in [5.74, 6) is 2.76. The first-order valence-corrected chi connectivity index (χ1v) is 9.75. The summed E-state index contributed by atoms with van der Waals surface area (Å²) in [7, 11) is 6.22. The normalized spacial score (nSPS) is 10.6. The van der Waals surface area contributed by atoms with Gasteiger partial charge in [-0.3, -0.25) is 0 Å². The first-order valence-electron chi connectivity index (χ1n) is 9.75. The molecule has 0 amide bonds. The molecule has 0 fully saturated rings. The predicted molar refractivity (Wildman–Crippen MR) is 119 cm³/mol. The number of carbonyl (C=O) groups is 1. The maximum atomic E-state index is 12.7. The van der Waals surface area contributed by atoms with Crippen LogP contribution in [0, 0.1) is 0 Å². The van der Waals surface area contributed by atoms with Crippen molar-refractivity contribution in [2.75, 3.05) is 28.4 Å². The summed E-state index contributed by atoms with van der Waals surface area (Å²) >= 11 is 0. The highest BCUT2D eigenvalue weighted by Gasteiger charge is 2.15. The number of rotatable bonds is 7. The maximum absolute atomic E-state index is 12.7. The molecule has 7 nitrogen and oxygen atoms in total. The number of hydrogen-bond donors (Lipinski definition) is 0. The second-order valence-corrected chi connectivity index (χ2v) is 6.90. The molecule has 0 N–H and O–H groups in total. The molecule has 3 aromatic carbocycles. The van der Waals surface area contributed by atoms with Crippen LogP contribution in [-0.2, 0) is 0 Å². The summed E-state index contributed by atoms with van der Waals surface area (Å²) in [6, 6.07) is 17.5. The van der Waals surface area contributed by atoms with Crippen LogP contribution < -0.4 is 23.7 Å². The van der Waals surface area contributed by atoms with Gasteiger partial charge in [-0.25, -0.2) is 4.79 Å². The standard InChI is InChI=1S/C25H22O7/c1-27-19-7-16(8-20(12-19)28-2)23-11-15-5-6-18(14-24(15)32-23)31-25(26)17-9-21(29-3)13-22(10-17)30-4/h5-14H,1-4H3. The summed E-state index contributed by atoms with van der Waals surface area (Å²) in [5, 5.41) is 0.865. The van der Waals surface area contributed by atoms with Crippen molar-refractivity contribution in [2.45, 2.75) is 0 Å². The van der Waals surface area contributed by atoms with Gasteiger partial charge in [0.05, 0.1) is 34.0 Å². The molecule has 1 aromatic heterocycles. The van der Waals surface area contributed by atoms with E-state index in [9.17, 15) is 4.79 Å². The monoisotopic (exact) mass is 434 g/mol. The average Bonchev–Trinajstić information content (AvgIpc) is 3.26. The van der Waals surface area contributed by atoms with Gasteiger partial charge < -0.3 is 28.1 Å². The van der Waals surface area contributed by atoms with E-state index in [1.165, 1.54) is 14.2 Å². The van der Waals surface area contributed by atoms with Crippen molar-refractivity contribution in [1.29, 1.82) is 0 Å². The van der Waals surface area contributed by atoms with Gasteiger partial charge in [0.25, 0.3) is 0 Å². The Morgan fingerprint density at radius 2 is 1.22 bits per heavy atom. The molecule has 0 saturated heterocycles. The van der Waals surface area contributed by atoms with Gasteiger partial charge >= 0.3 is 5.97 Å². The topological polar surface area (TPSA) is 76.4 Å². The fourth-order valence-electron chi connectivity index (χ4n) is 3.26. The first kappa shape index (κ1) is 21.1. The van der Waals surface area contributed by atoms with E-state index in [0.29, 0.717) is 45.7 Å². The van der Waals surface area contributed by atoms with E-state index in [1.807, 2.05) is 24.3 Å². The predicted octanol–water partition coefficient (Wildman–Crippen LogP) is 5.35. The van der Waals surface area contributed by atoms with E-state index in [1.54, 1.807) is 50.6 Å². The Labute approximate surface area is 185 Å². The smallest absolute Gasteiger partial charge is 0.343 e. The van der Waals surface area contributed by atoms with Crippen LogP contribution in [0.25, 0.3) is 22.3 Å². The Bertz CT molecular complexity index is 1230. The quantitative estimate of drug-likeness (QED) is 0.286. The molecule has 32 heavy (non-hydrogen) atoms. The Balaban J connectivity index is 1.62. The summed E-state index contributed by atoms with van der Waals surface area (Å²) < 4.78 is 32.6. The van der Waals surface area contributed by atoms with Crippen LogP contribution >= 0.6 is 0 Å². The first-order chi connectivity index (χ1) is 15.5. The number of methoxy groups -OCH3 is 4. The summed E-state index contributed by atoms with van der Waals surface area (Å²) in [6.45, 7) is 0. The van der Waals surface area contributed by atoms with Gasteiger partial charge in [0.15, 0.2) is 0 Å². The molecule has 7 heteroatoms. The zero-order valence-corrected chi connectivity index (χ0v) is 18.1. The van der Waals surface area contributed by atoms with E-state index < -0.39 is 5.97 Å². The molecule has 164 valence electrons. The lowest BCUT2D eigenvalue weighted by atomic mass is 10.1. The summed E-state index contributed by atoms with van der Waals surface area (Å²) in [6.07, 6.45) is 0. The number of furan rings is 1. The van der Waals surface area contributed by atoms with Crippen molar-refractivity contribution in [3.05, 3.63) is 66.2 Å². The van der Waals surface area contributed by atoms with E-state index in [0.717, 1.165) is 10.9 Å². The third-order valence-electron chi connectivity index (χ3n) is 4.93. The van der Waals surface area contributed by atoms with Gasteiger partial charge in [0, 0.05) is 29.1 Å². The molecule has 0 bridgehead atoms. The highest BCUT2D eigenvalue weighted by atomic mass is 16.5. The van der Waals surface area contributed by atoms with E-state index in [-0.39, 0.29) is 0 Å². The van der Waals surface area contributed by atoms with Gasteiger partial charge in [-0.15, -0.1) is 0 Å². The zero-order chi connectivity index (χ0) is 22.7. The van der Waals surface area contributed by atoms with Crippen LogP contribution in [0.5, 0.6) is 28.7 Å². The van der Waals surface area contributed by atoms with Crippen LogP contribution in [0.2, 0.25) is 0 Å². The molecular formula is C25H22O7. The number of hydrogen-bond acceptors (Lipinski definition) is 7. The number of esters is 1. The van der Waals surface area contributed by atoms with Crippen LogP contribution in [0.4, 0.5) is 0 Å². The second-order valence-electron chi connectivity index (χ2n) is 6.90. The van der Waals surface area contributed by atoms with E-state index in [2.05, 4.69) is 0 Å². The van der Waals surface area contributed by atoms with Gasteiger partial charge in [-0.1, -0.05) is 0 Å². The summed E-state index contributed by atoms with van der Waals surface area (Å²) in [5.41, 5.74) is 1.69. The van der Waals surface area contributed by atoms with Crippen LogP contribution in [0.1, 0.15) is 10.4 Å². The Kier molecular flexibility index (Phi) is 5.89. The number of carbonyl (C=O) groups excluding carboxylic acids is 1. The number of fused-ring (bicyclic) bond motifs is 1. The molecule has 0 saturated carbocycles. The second kappa shape index (κ2) is 8.93. The van der Waals surface area contributed by atoms with Crippen LogP contribution in [0.3, 0.4) is 0 Å². The Morgan fingerprint density at radius 3 is 1.78 bits per heavy atom. The van der Waals surface area contributed by atoms with Gasteiger partial charge in [-0.05, 0) is 42.5 Å². The largest absolute Gasteiger partial charge is 0.497 e. The lowest BCUT2D eigenvalue weighted by Crippen LogP contribution is -2.09. The van der Waals surface area contributed by atoms with Crippen LogP contribution in [0.15, 0.2) is 65.1 Å². The molecule has 4 aromatic rings. The molecule has 4 rings (SSSR count). The van der Waals surface area contributed by atoms with Crippen LogP contribution in [-0.4, -0.2) is 34.4 Å². The van der Waals surface area contributed by atoms with Crippen molar-refractivity contribution in [2.24, 2.45) is 0 Å². The average molecular weight is 434 g/mol. The molecular weight excluding hydrogens is 412 g/mol. The molecule has 0 aliphatic heterocycles. The Hall–Kier alpha value is -4.13. The van der Waals surface area contributed by atoms with Gasteiger partial charge in [-0.2, -0.15) is 0 Å². The fourth-order valence-corrected chi connectivity index (χ4v) is 3.26.